The average molecular weight is 308 g/mol. The smallest absolute Gasteiger partial charge is 0.129 e. The summed E-state index contributed by atoms with van der Waals surface area (Å²) in [6.07, 6.45) is 0. The van der Waals surface area contributed by atoms with E-state index >= 15 is 0 Å². The molecule has 0 amide bonds. The summed E-state index contributed by atoms with van der Waals surface area (Å²) in [5.74, 6) is 1.15. The Morgan fingerprint density at radius 3 is 2.38 bits per heavy atom. The molecule has 2 heterocycles. The molecule has 3 nitrogen and oxygen atoms in total. The van der Waals surface area contributed by atoms with Crippen molar-refractivity contribution in [3.63, 3.8) is 0 Å². The van der Waals surface area contributed by atoms with Crippen molar-refractivity contribution in [2.24, 2.45) is 0 Å². The lowest BCUT2D eigenvalue weighted by atomic mass is 9.90. The molecule has 0 radical (unpaired) electrons. The van der Waals surface area contributed by atoms with Crippen LogP contribution in [0.15, 0.2) is 12.1 Å². The number of aromatic nitrogens is 1. The minimum atomic E-state index is 0.0836. The Hall–Kier alpha value is -0.740. The lowest BCUT2D eigenvalue weighted by Gasteiger charge is -2.36. The molecule has 0 spiro atoms. The fourth-order valence-corrected chi connectivity index (χ4v) is 4.11. The molecule has 1 saturated heterocycles. The highest BCUT2D eigenvalue weighted by Crippen LogP contribution is 2.30. The highest BCUT2D eigenvalue weighted by Gasteiger charge is 2.25. The van der Waals surface area contributed by atoms with Gasteiger partial charge in [0.15, 0.2) is 0 Å². The van der Waals surface area contributed by atoms with Crippen molar-refractivity contribution in [3.8, 4) is 0 Å². The summed E-state index contributed by atoms with van der Waals surface area (Å²) in [5, 5.41) is 4.60. The van der Waals surface area contributed by atoms with Gasteiger partial charge in [-0.2, -0.15) is 11.8 Å². The third-order valence-corrected chi connectivity index (χ3v) is 4.99. The van der Waals surface area contributed by atoms with Gasteiger partial charge in [-0.1, -0.05) is 34.6 Å². The number of nitrogens with one attached hydrogen (secondary N) is 1. The molecule has 0 aliphatic carbocycles. The summed E-state index contributed by atoms with van der Waals surface area (Å²) >= 11 is 2.08. The van der Waals surface area contributed by atoms with Gasteiger partial charge in [-0.05, 0) is 24.7 Å². The summed E-state index contributed by atoms with van der Waals surface area (Å²) < 4.78 is 0. The van der Waals surface area contributed by atoms with Gasteiger partial charge in [0, 0.05) is 41.2 Å². The van der Waals surface area contributed by atoms with Gasteiger partial charge >= 0.3 is 0 Å². The van der Waals surface area contributed by atoms with E-state index in [2.05, 4.69) is 68.7 Å². The van der Waals surface area contributed by atoms with Crippen molar-refractivity contribution < 1.29 is 0 Å². The molecule has 2 rings (SSSR count). The number of pyridine rings is 1. The van der Waals surface area contributed by atoms with Crippen molar-refractivity contribution in [1.82, 2.24) is 10.3 Å². The van der Waals surface area contributed by atoms with Crippen LogP contribution in [0.4, 0.5) is 5.82 Å². The fraction of sp³-hybridized carbons (Fsp3) is 0.706. The molecule has 2 atom stereocenters. The van der Waals surface area contributed by atoms with Crippen LogP contribution in [0, 0.1) is 0 Å². The summed E-state index contributed by atoms with van der Waals surface area (Å²) in [6, 6.07) is 4.49. The van der Waals surface area contributed by atoms with E-state index < -0.39 is 0 Å². The molecule has 0 bridgehead atoms. The Morgan fingerprint density at radius 2 is 1.86 bits per heavy atom. The molecule has 1 aromatic rings. The van der Waals surface area contributed by atoms with Crippen LogP contribution >= 0.6 is 11.8 Å². The Balaban J connectivity index is 2.35. The minimum absolute atomic E-state index is 0.0836. The van der Waals surface area contributed by atoms with E-state index in [9.17, 15) is 0 Å². The van der Waals surface area contributed by atoms with Crippen LogP contribution < -0.4 is 10.2 Å². The second-order valence-electron chi connectivity index (χ2n) is 7.16. The second-order valence-corrected chi connectivity index (χ2v) is 9.04. The predicted octanol–water partition coefficient (Wildman–Crippen LogP) is 3.43. The van der Waals surface area contributed by atoms with Gasteiger partial charge < -0.3 is 10.2 Å². The highest BCUT2D eigenvalue weighted by atomic mass is 32.2. The molecule has 118 valence electrons. The van der Waals surface area contributed by atoms with E-state index in [4.69, 9.17) is 4.98 Å². The number of nitrogens with zero attached hydrogens (tertiary/aromatic N) is 2. The zero-order chi connectivity index (χ0) is 15.6. The fourth-order valence-electron chi connectivity index (χ4n) is 2.79. The van der Waals surface area contributed by atoms with Crippen LogP contribution in [0.2, 0.25) is 0 Å². The Morgan fingerprint density at radius 1 is 1.24 bits per heavy atom. The molecular weight excluding hydrogens is 278 g/mol. The number of thioether (sulfide) groups is 1. The first kappa shape index (κ1) is 16.6. The van der Waals surface area contributed by atoms with Gasteiger partial charge in [0.2, 0.25) is 0 Å². The molecule has 0 aromatic carbocycles. The molecular formula is C17H29N3S. The van der Waals surface area contributed by atoms with Gasteiger partial charge in [-0.3, -0.25) is 0 Å². The van der Waals surface area contributed by atoms with E-state index in [1.165, 1.54) is 11.3 Å². The quantitative estimate of drug-likeness (QED) is 0.926. The first-order chi connectivity index (χ1) is 9.79. The Kier molecular flexibility index (Phi) is 5.20. The van der Waals surface area contributed by atoms with Crippen LogP contribution in [-0.2, 0) is 12.0 Å². The van der Waals surface area contributed by atoms with E-state index in [0.29, 0.717) is 10.5 Å². The minimum Gasteiger partial charge on any atom is -0.354 e. The monoisotopic (exact) mass is 307 g/mol. The van der Waals surface area contributed by atoms with Gasteiger partial charge in [-0.15, -0.1) is 0 Å². The largest absolute Gasteiger partial charge is 0.354 e. The maximum atomic E-state index is 4.97. The zero-order valence-electron chi connectivity index (χ0n) is 14.2. The summed E-state index contributed by atoms with van der Waals surface area (Å²) in [4.78, 5) is 7.43. The molecule has 4 heteroatoms. The van der Waals surface area contributed by atoms with Crippen molar-refractivity contribution in [1.29, 1.82) is 0 Å². The molecule has 2 unspecified atom stereocenters. The van der Waals surface area contributed by atoms with Crippen molar-refractivity contribution in [2.75, 3.05) is 25.0 Å². The van der Waals surface area contributed by atoms with Crippen molar-refractivity contribution in [3.05, 3.63) is 23.4 Å². The molecule has 1 aliphatic heterocycles. The topological polar surface area (TPSA) is 28.2 Å². The third kappa shape index (κ3) is 4.36. The van der Waals surface area contributed by atoms with Crippen LogP contribution in [0.5, 0.6) is 0 Å². The first-order valence-corrected chi connectivity index (χ1v) is 8.80. The third-order valence-electron chi connectivity index (χ3n) is 3.76. The average Bonchev–Trinajstić information content (AvgIpc) is 2.36. The van der Waals surface area contributed by atoms with Gasteiger partial charge in [0.25, 0.3) is 0 Å². The Bertz CT molecular complexity index is 471. The van der Waals surface area contributed by atoms with Crippen LogP contribution in [0.1, 0.15) is 45.9 Å². The second kappa shape index (κ2) is 6.57. The zero-order valence-corrected chi connectivity index (χ0v) is 15.0. The van der Waals surface area contributed by atoms with Gasteiger partial charge in [0.1, 0.15) is 5.82 Å². The number of rotatable bonds is 3. The summed E-state index contributed by atoms with van der Waals surface area (Å²) in [7, 11) is 2.00. The molecule has 0 saturated carbocycles. The lowest BCUT2D eigenvalue weighted by molar-refractivity contribution is 0.565. The maximum Gasteiger partial charge on any atom is 0.129 e. The van der Waals surface area contributed by atoms with E-state index in [-0.39, 0.29) is 5.41 Å². The van der Waals surface area contributed by atoms with Gasteiger partial charge in [-0.25, -0.2) is 4.98 Å². The number of anilines is 1. The lowest BCUT2D eigenvalue weighted by Crippen LogP contribution is -2.41. The Labute approximate surface area is 133 Å². The van der Waals surface area contributed by atoms with Crippen LogP contribution in [-0.4, -0.2) is 35.6 Å². The van der Waals surface area contributed by atoms with Gasteiger partial charge in [0.05, 0.1) is 0 Å². The predicted molar refractivity (Wildman–Crippen MR) is 94.4 cm³/mol. The SMILES string of the molecule is CNCc1cc(N2CC(C)SC(C)C2)nc(C(C)(C)C)c1. The van der Waals surface area contributed by atoms with Crippen molar-refractivity contribution in [2.45, 2.75) is 57.1 Å². The van der Waals surface area contributed by atoms with Crippen LogP contribution in [0.25, 0.3) is 0 Å². The summed E-state index contributed by atoms with van der Waals surface area (Å²) in [6.45, 7) is 14.4. The molecule has 1 aromatic heterocycles. The molecule has 1 aliphatic rings. The van der Waals surface area contributed by atoms with E-state index in [1.807, 2.05) is 7.05 Å². The summed E-state index contributed by atoms with van der Waals surface area (Å²) in [5.41, 5.74) is 2.59. The highest BCUT2D eigenvalue weighted by molar-refractivity contribution is 8.00. The maximum absolute atomic E-state index is 4.97. The molecule has 21 heavy (non-hydrogen) atoms. The normalized spacial score (nSPS) is 23.4. The standard InChI is InChI=1S/C17H29N3S/c1-12-10-20(11-13(2)21-12)16-8-14(9-18-6)7-15(19-16)17(3,4)5/h7-8,12-13,18H,9-11H2,1-6H3. The van der Waals surface area contributed by atoms with Crippen molar-refractivity contribution >= 4 is 17.6 Å². The van der Waals surface area contributed by atoms with Crippen LogP contribution in [0.3, 0.4) is 0 Å². The first-order valence-electron chi connectivity index (χ1n) is 7.86. The molecule has 1 fully saturated rings. The van der Waals surface area contributed by atoms with E-state index in [0.717, 1.165) is 25.5 Å². The molecule has 1 N–H and O–H groups in total. The van der Waals surface area contributed by atoms with E-state index in [1.54, 1.807) is 0 Å². The number of hydrogen-bond donors (Lipinski definition) is 1. The number of hydrogen-bond acceptors (Lipinski definition) is 4.